The van der Waals surface area contributed by atoms with Gasteiger partial charge in [-0.2, -0.15) is 0 Å². The van der Waals surface area contributed by atoms with E-state index in [1.165, 1.54) is 5.56 Å². The van der Waals surface area contributed by atoms with Crippen molar-refractivity contribution >= 4 is 22.8 Å². The van der Waals surface area contributed by atoms with Gasteiger partial charge < -0.3 is 14.0 Å². The van der Waals surface area contributed by atoms with Crippen LogP contribution in [0.1, 0.15) is 5.56 Å². The minimum Gasteiger partial charge on any atom is -0.493 e. The van der Waals surface area contributed by atoms with Gasteiger partial charge in [0.2, 0.25) is 0 Å². The summed E-state index contributed by atoms with van der Waals surface area (Å²) in [5, 5.41) is 1.01. The second-order valence-electron chi connectivity index (χ2n) is 5.54. The number of hydrogen-bond donors (Lipinski definition) is 0. The van der Waals surface area contributed by atoms with Crippen LogP contribution in [0.3, 0.4) is 0 Å². The van der Waals surface area contributed by atoms with Crippen LogP contribution in [0.5, 0.6) is 5.75 Å². The third kappa shape index (κ3) is 4.10. The van der Waals surface area contributed by atoms with E-state index in [9.17, 15) is 0 Å². The van der Waals surface area contributed by atoms with Crippen LogP contribution in [0.25, 0.3) is 11.0 Å². The van der Waals surface area contributed by atoms with E-state index in [0.717, 1.165) is 34.2 Å². The molecule has 0 bridgehead atoms. The Morgan fingerprint density at radius 3 is 2.79 bits per heavy atom. The SMILES string of the molecule is COCCn1c(SCCOc2cccc(C)c2)nc2ccccc21. The second kappa shape index (κ2) is 8.22. The molecule has 126 valence electrons. The largest absolute Gasteiger partial charge is 0.493 e. The highest BCUT2D eigenvalue weighted by atomic mass is 32.2. The van der Waals surface area contributed by atoms with Crippen molar-refractivity contribution in [1.29, 1.82) is 0 Å². The third-order valence-electron chi connectivity index (χ3n) is 3.71. The average molecular weight is 342 g/mol. The van der Waals surface area contributed by atoms with Crippen molar-refractivity contribution in [3.8, 4) is 5.75 Å². The number of benzene rings is 2. The maximum absolute atomic E-state index is 5.82. The van der Waals surface area contributed by atoms with Gasteiger partial charge >= 0.3 is 0 Å². The van der Waals surface area contributed by atoms with E-state index in [0.29, 0.717) is 13.2 Å². The fourth-order valence-corrected chi connectivity index (χ4v) is 3.42. The molecule has 0 saturated heterocycles. The van der Waals surface area contributed by atoms with E-state index in [1.54, 1.807) is 18.9 Å². The fraction of sp³-hybridized carbons (Fsp3) is 0.316. The van der Waals surface area contributed by atoms with Crippen molar-refractivity contribution in [2.24, 2.45) is 0 Å². The van der Waals surface area contributed by atoms with Gasteiger partial charge in [0.1, 0.15) is 5.75 Å². The summed E-state index contributed by atoms with van der Waals surface area (Å²) in [6.45, 7) is 4.20. The first-order valence-electron chi connectivity index (χ1n) is 8.04. The van der Waals surface area contributed by atoms with Gasteiger partial charge in [0.25, 0.3) is 0 Å². The molecule has 2 aromatic carbocycles. The van der Waals surface area contributed by atoms with E-state index in [2.05, 4.69) is 29.7 Å². The number of hydrogen-bond acceptors (Lipinski definition) is 4. The van der Waals surface area contributed by atoms with Crippen molar-refractivity contribution < 1.29 is 9.47 Å². The molecule has 3 aromatic rings. The molecule has 3 rings (SSSR count). The molecule has 1 aromatic heterocycles. The molecule has 0 aliphatic carbocycles. The first-order valence-corrected chi connectivity index (χ1v) is 9.03. The van der Waals surface area contributed by atoms with Crippen LogP contribution < -0.4 is 4.74 Å². The molecule has 0 saturated carbocycles. The monoisotopic (exact) mass is 342 g/mol. The molecule has 0 spiro atoms. The number of rotatable bonds is 8. The van der Waals surface area contributed by atoms with Crippen molar-refractivity contribution in [3.05, 3.63) is 54.1 Å². The highest BCUT2D eigenvalue weighted by Crippen LogP contribution is 2.24. The number of thioether (sulfide) groups is 1. The summed E-state index contributed by atoms with van der Waals surface area (Å²) in [6, 6.07) is 16.3. The summed E-state index contributed by atoms with van der Waals surface area (Å²) < 4.78 is 13.3. The lowest BCUT2D eigenvalue weighted by molar-refractivity contribution is 0.186. The molecule has 4 nitrogen and oxygen atoms in total. The molecule has 1 heterocycles. The standard InChI is InChI=1S/C19H22N2O2S/c1-15-6-5-7-16(14-15)23-12-13-24-19-20-17-8-3-4-9-18(17)21(19)10-11-22-2/h3-9,14H,10-13H2,1-2H3. The Labute approximate surface area is 146 Å². The molecule has 0 atom stereocenters. The molecule has 0 N–H and O–H groups in total. The van der Waals surface area contributed by atoms with Gasteiger partial charge in [0.15, 0.2) is 5.16 Å². The smallest absolute Gasteiger partial charge is 0.169 e. The van der Waals surface area contributed by atoms with Crippen molar-refractivity contribution in [2.75, 3.05) is 26.1 Å². The van der Waals surface area contributed by atoms with Gasteiger partial charge in [-0.15, -0.1) is 0 Å². The van der Waals surface area contributed by atoms with Crippen LogP contribution in [-0.4, -0.2) is 35.6 Å². The molecular weight excluding hydrogens is 320 g/mol. The molecular formula is C19H22N2O2S. The molecule has 5 heteroatoms. The summed E-state index contributed by atoms with van der Waals surface area (Å²) in [4.78, 5) is 4.74. The normalized spacial score (nSPS) is 11.1. The van der Waals surface area contributed by atoms with Crippen molar-refractivity contribution in [2.45, 2.75) is 18.6 Å². The number of aryl methyl sites for hydroxylation is 1. The molecule has 0 aliphatic rings. The Morgan fingerprint density at radius 1 is 1.08 bits per heavy atom. The quantitative estimate of drug-likeness (QED) is 0.455. The third-order valence-corrected chi connectivity index (χ3v) is 4.65. The van der Waals surface area contributed by atoms with Crippen LogP contribution in [0.4, 0.5) is 0 Å². The highest BCUT2D eigenvalue weighted by Gasteiger charge is 2.10. The summed E-state index contributed by atoms with van der Waals surface area (Å²) in [5.74, 6) is 1.77. The zero-order valence-corrected chi connectivity index (χ0v) is 14.9. The van der Waals surface area contributed by atoms with Gasteiger partial charge in [-0.1, -0.05) is 36.0 Å². The number of imidazole rings is 1. The molecule has 24 heavy (non-hydrogen) atoms. The van der Waals surface area contributed by atoms with Gasteiger partial charge in [-0.05, 0) is 36.8 Å². The number of ether oxygens (including phenoxy) is 2. The Morgan fingerprint density at radius 2 is 1.96 bits per heavy atom. The zero-order valence-electron chi connectivity index (χ0n) is 14.1. The number of aromatic nitrogens is 2. The Bertz CT molecular complexity index is 801. The Balaban J connectivity index is 1.63. The predicted octanol–water partition coefficient (Wildman–Crippen LogP) is 4.16. The number of fused-ring (bicyclic) bond motifs is 1. The number of nitrogens with zero attached hydrogens (tertiary/aromatic N) is 2. The molecule has 0 aliphatic heterocycles. The lowest BCUT2D eigenvalue weighted by Crippen LogP contribution is -2.07. The van der Waals surface area contributed by atoms with Crippen molar-refractivity contribution in [1.82, 2.24) is 9.55 Å². The van der Waals surface area contributed by atoms with E-state index >= 15 is 0 Å². The second-order valence-corrected chi connectivity index (χ2v) is 6.60. The topological polar surface area (TPSA) is 36.3 Å². The minimum absolute atomic E-state index is 0.654. The summed E-state index contributed by atoms with van der Waals surface area (Å²) >= 11 is 1.72. The summed E-state index contributed by atoms with van der Waals surface area (Å²) in [5.41, 5.74) is 3.38. The maximum atomic E-state index is 5.82. The lowest BCUT2D eigenvalue weighted by atomic mass is 10.2. The van der Waals surface area contributed by atoms with Crippen LogP contribution in [0.2, 0.25) is 0 Å². The predicted molar refractivity (Wildman–Crippen MR) is 99.0 cm³/mol. The molecule has 0 radical (unpaired) electrons. The lowest BCUT2D eigenvalue weighted by Gasteiger charge is -2.09. The van der Waals surface area contributed by atoms with Crippen molar-refractivity contribution in [3.63, 3.8) is 0 Å². The van der Waals surface area contributed by atoms with E-state index in [-0.39, 0.29) is 0 Å². The van der Waals surface area contributed by atoms with E-state index in [1.807, 2.05) is 30.3 Å². The summed E-state index contributed by atoms with van der Waals surface area (Å²) in [6.07, 6.45) is 0. The molecule has 0 amide bonds. The zero-order chi connectivity index (χ0) is 16.8. The fourth-order valence-electron chi connectivity index (χ4n) is 2.56. The van der Waals surface area contributed by atoms with Crippen LogP contribution in [0, 0.1) is 6.92 Å². The first kappa shape index (κ1) is 16.9. The van der Waals surface area contributed by atoms with Gasteiger partial charge in [-0.25, -0.2) is 4.98 Å². The van der Waals surface area contributed by atoms with E-state index in [4.69, 9.17) is 14.5 Å². The Hall–Kier alpha value is -1.98. The van der Waals surface area contributed by atoms with Gasteiger partial charge in [0.05, 0.1) is 24.2 Å². The van der Waals surface area contributed by atoms with Crippen LogP contribution in [0.15, 0.2) is 53.7 Å². The Kier molecular flexibility index (Phi) is 5.77. The molecule has 0 unspecified atom stereocenters. The van der Waals surface area contributed by atoms with Gasteiger partial charge in [0, 0.05) is 19.4 Å². The maximum Gasteiger partial charge on any atom is 0.169 e. The highest BCUT2D eigenvalue weighted by molar-refractivity contribution is 7.99. The number of para-hydroxylation sites is 2. The molecule has 0 fully saturated rings. The average Bonchev–Trinajstić information content (AvgIpc) is 2.94. The number of methoxy groups -OCH3 is 1. The van der Waals surface area contributed by atoms with E-state index < -0.39 is 0 Å². The van der Waals surface area contributed by atoms with Crippen LogP contribution >= 0.6 is 11.8 Å². The van der Waals surface area contributed by atoms with Crippen LogP contribution in [-0.2, 0) is 11.3 Å². The minimum atomic E-state index is 0.654. The first-order chi connectivity index (χ1) is 11.8. The van der Waals surface area contributed by atoms with Gasteiger partial charge in [-0.3, -0.25) is 0 Å². The summed E-state index contributed by atoms with van der Waals surface area (Å²) in [7, 11) is 1.72.